The van der Waals surface area contributed by atoms with Crippen LogP contribution in [-0.2, 0) is 0 Å². The third-order valence-corrected chi connectivity index (χ3v) is 5.87. The van der Waals surface area contributed by atoms with Gasteiger partial charge in [-0.05, 0) is 42.6 Å². The molecule has 0 aromatic carbocycles. The summed E-state index contributed by atoms with van der Waals surface area (Å²) in [7, 11) is 0. The highest BCUT2D eigenvalue weighted by atomic mass is 32.2. The van der Waals surface area contributed by atoms with Gasteiger partial charge in [0.2, 0.25) is 0 Å². The van der Waals surface area contributed by atoms with Crippen molar-refractivity contribution in [2.45, 2.75) is 51.9 Å². The van der Waals surface area contributed by atoms with E-state index in [-0.39, 0.29) is 0 Å². The second-order valence-electron chi connectivity index (χ2n) is 4.83. The molecule has 0 N–H and O–H groups in total. The lowest BCUT2D eigenvalue weighted by atomic mass is 9.99. The van der Waals surface area contributed by atoms with Crippen LogP contribution >= 0.6 is 23.5 Å². The van der Waals surface area contributed by atoms with Gasteiger partial charge < -0.3 is 0 Å². The van der Waals surface area contributed by atoms with Crippen molar-refractivity contribution in [1.82, 2.24) is 0 Å². The summed E-state index contributed by atoms with van der Waals surface area (Å²) in [5.41, 5.74) is 0.655. The van der Waals surface area contributed by atoms with Gasteiger partial charge in [-0.25, -0.2) is 0 Å². The third kappa shape index (κ3) is 3.74. The van der Waals surface area contributed by atoms with Gasteiger partial charge >= 0.3 is 0 Å². The van der Waals surface area contributed by atoms with Crippen molar-refractivity contribution < 1.29 is 0 Å². The zero-order chi connectivity index (χ0) is 10.6. The predicted octanol–water partition coefficient (Wildman–Crippen LogP) is 5.06. The van der Waals surface area contributed by atoms with Crippen LogP contribution in [0, 0.1) is 5.41 Å². The average Bonchev–Trinajstić information content (AvgIpc) is 3.00. The Bertz CT molecular complexity index is 221. The Kier molecular flexibility index (Phi) is 4.51. The lowest BCUT2D eigenvalue weighted by molar-refractivity contribution is 0.529. The van der Waals surface area contributed by atoms with Crippen LogP contribution in [0.2, 0.25) is 0 Å². The maximum Gasteiger partial charge on any atom is 0.0366 e. The van der Waals surface area contributed by atoms with Gasteiger partial charge in [0, 0.05) is 4.24 Å². The molecule has 86 valence electrons. The number of hydrogen-bond acceptors (Lipinski definition) is 2. The monoisotopic (exact) mass is 242 g/mol. The summed E-state index contributed by atoms with van der Waals surface area (Å²) in [5.74, 6) is 2.70. The number of unbranched alkanes of at least 4 members (excludes halogenated alkanes) is 2. The topological polar surface area (TPSA) is 0 Å². The number of thioether (sulfide) groups is 2. The van der Waals surface area contributed by atoms with Gasteiger partial charge in [-0.15, -0.1) is 23.5 Å². The number of allylic oxidation sites excluding steroid dienone is 1. The summed E-state index contributed by atoms with van der Waals surface area (Å²) in [4.78, 5) is 0. The molecule has 2 rings (SSSR count). The maximum atomic E-state index is 2.62. The fourth-order valence-electron chi connectivity index (χ4n) is 2.13. The van der Waals surface area contributed by atoms with Gasteiger partial charge in [-0.2, -0.15) is 0 Å². The Balaban J connectivity index is 1.80. The van der Waals surface area contributed by atoms with E-state index >= 15 is 0 Å². The van der Waals surface area contributed by atoms with Crippen LogP contribution in [0.5, 0.6) is 0 Å². The largest absolute Gasteiger partial charge is 0.120 e. The minimum atomic E-state index is 0.655. The van der Waals surface area contributed by atoms with Crippen LogP contribution in [-0.4, -0.2) is 11.5 Å². The first-order valence-electron chi connectivity index (χ1n) is 6.33. The van der Waals surface area contributed by atoms with Crippen LogP contribution in [0.3, 0.4) is 0 Å². The maximum absolute atomic E-state index is 2.62. The van der Waals surface area contributed by atoms with E-state index in [9.17, 15) is 0 Å². The molecule has 1 saturated heterocycles. The summed E-state index contributed by atoms with van der Waals surface area (Å²) < 4.78 is 1.63. The van der Waals surface area contributed by atoms with Crippen LogP contribution in [0.4, 0.5) is 0 Å². The number of hydrogen-bond donors (Lipinski definition) is 0. The molecule has 1 saturated carbocycles. The highest BCUT2D eigenvalue weighted by molar-refractivity contribution is 8.22. The highest BCUT2D eigenvalue weighted by Crippen LogP contribution is 2.54. The van der Waals surface area contributed by atoms with Crippen LogP contribution in [0.1, 0.15) is 51.9 Å². The third-order valence-electron chi connectivity index (χ3n) is 3.37. The van der Waals surface area contributed by atoms with E-state index in [1.807, 2.05) is 0 Å². The second-order valence-corrected chi connectivity index (χ2v) is 7.37. The minimum absolute atomic E-state index is 0.655. The van der Waals surface area contributed by atoms with Crippen molar-refractivity contribution in [3.63, 3.8) is 0 Å². The van der Waals surface area contributed by atoms with E-state index in [4.69, 9.17) is 0 Å². The SMILES string of the molecule is CCCCCC1(C=C2SCCCS2)CC1. The first-order chi connectivity index (χ1) is 7.35. The molecule has 0 spiro atoms. The molecule has 0 nitrogen and oxygen atoms in total. The van der Waals surface area contributed by atoms with Crippen LogP contribution in [0.25, 0.3) is 0 Å². The molecule has 0 amide bonds. The van der Waals surface area contributed by atoms with E-state index in [2.05, 4.69) is 36.5 Å². The van der Waals surface area contributed by atoms with Crippen molar-refractivity contribution in [2.75, 3.05) is 11.5 Å². The average molecular weight is 242 g/mol. The molecule has 0 atom stereocenters. The predicted molar refractivity (Wildman–Crippen MR) is 73.4 cm³/mol. The Morgan fingerprint density at radius 3 is 2.53 bits per heavy atom. The summed E-state index contributed by atoms with van der Waals surface area (Å²) in [6.07, 6.45) is 12.6. The lowest BCUT2D eigenvalue weighted by Gasteiger charge is -2.16. The van der Waals surface area contributed by atoms with Gasteiger partial charge in [0.25, 0.3) is 0 Å². The Hall–Kier alpha value is 0.440. The Morgan fingerprint density at radius 1 is 1.20 bits per heavy atom. The molecule has 0 bridgehead atoms. The van der Waals surface area contributed by atoms with E-state index in [0.29, 0.717) is 5.41 Å². The fraction of sp³-hybridized carbons (Fsp3) is 0.846. The van der Waals surface area contributed by atoms with E-state index in [0.717, 1.165) is 0 Å². The van der Waals surface area contributed by atoms with Crippen molar-refractivity contribution in [3.05, 3.63) is 10.3 Å². The van der Waals surface area contributed by atoms with Crippen molar-refractivity contribution in [1.29, 1.82) is 0 Å². The van der Waals surface area contributed by atoms with Crippen molar-refractivity contribution >= 4 is 23.5 Å². The standard InChI is InChI=1S/C13H22S2/c1-2-3-4-6-13(7-8-13)11-12-14-9-5-10-15-12/h11H,2-10H2,1H3. The molecule has 1 heterocycles. The molecule has 0 radical (unpaired) electrons. The Labute approximate surface area is 103 Å². The van der Waals surface area contributed by atoms with E-state index in [1.165, 1.54) is 56.5 Å². The molecule has 0 aromatic rings. The lowest BCUT2D eigenvalue weighted by Crippen LogP contribution is -1.99. The molecule has 0 unspecified atom stereocenters. The summed E-state index contributed by atoms with van der Waals surface area (Å²) in [5, 5.41) is 0. The molecule has 2 aliphatic rings. The van der Waals surface area contributed by atoms with Gasteiger partial charge in [0.05, 0.1) is 0 Å². The van der Waals surface area contributed by atoms with E-state index < -0.39 is 0 Å². The number of rotatable bonds is 5. The smallest absolute Gasteiger partial charge is 0.0366 e. The molecule has 0 aromatic heterocycles. The second kappa shape index (κ2) is 5.67. The van der Waals surface area contributed by atoms with Crippen molar-refractivity contribution in [3.8, 4) is 0 Å². The molecular formula is C13H22S2. The van der Waals surface area contributed by atoms with Gasteiger partial charge in [0.1, 0.15) is 0 Å². The normalized spacial score (nSPS) is 23.9. The van der Waals surface area contributed by atoms with Crippen LogP contribution < -0.4 is 0 Å². The summed E-state index contributed by atoms with van der Waals surface area (Å²) in [6, 6.07) is 0. The Morgan fingerprint density at radius 2 is 1.93 bits per heavy atom. The van der Waals surface area contributed by atoms with Gasteiger partial charge in [-0.3, -0.25) is 0 Å². The zero-order valence-corrected chi connectivity index (χ0v) is 11.4. The zero-order valence-electron chi connectivity index (χ0n) is 9.76. The highest BCUT2D eigenvalue weighted by Gasteiger charge is 2.40. The van der Waals surface area contributed by atoms with Crippen molar-refractivity contribution in [2.24, 2.45) is 5.41 Å². The first kappa shape index (κ1) is 11.9. The molecule has 2 fully saturated rings. The molecular weight excluding hydrogens is 220 g/mol. The summed E-state index contributed by atoms with van der Waals surface area (Å²) >= 11 is 4.19. The minimum Gasteiger partial charge on any atom is -0.120 e. The van der Waals surface area contributed by atoms with Gasteiger partial charge in [-0.1, -0.05) is 32.3 Å². The fourth-order valence-corrected chi connectivity index (χ4v) is 4.80. The molecule has 2 heteroatoms. The molecule has 1 aliphatic heterocycles. The van der Waals surface area contributed by atoms with Gasteiger partial charge in [0.15, 0.2) is 0 Å². The summed E-state index contributed by atoms with van der Waals surface area (Å²) in [6.45, 7) is 2.30. The van der Waals surface area contributed by atoms with Crippen LogP contribution in [0.15, 0.2) is 10.3 Å². The van der Waals surface area contributed by atoms with E-state index in [1.54, 1.807) is 4.24 Å². The molecule has 15 heavy (non-hydrogen) atoms. The quantitative estimate of drug-likeness (QED) is 0.618. The first-order valence-corrected chi connectivity index (χ1v) is 8.30. The molecule has 1 aliphatic carbocycles.